The largest absolute Gasteiger partial charge is 0.320 e. The van der Waals surface area contributed by atoms with Crippen LogP contribution in [0.15, 0.2) is 15.9 Å². The summed E-state index contributed by atoms with van der Waals surface area (Å²) in [5, 5.41) is 0. The quantitative estimate of drug-likeness (QED) is 0.876. The standard InChI is InChI=1S/C8H10BrF2NS/c1-7(2,12)8(10,11)5-3-4-6(9)13-5/h3-4H,12H2,1-2H3. The zero-order chi connectivity index (χ0) is 10.3. The number of thiophene rings is 1. The van der Waals surface area contributed by atoms with E-state index in [1.165, 1.54) is 19.9 Å². The third-order valence-corrected chi connectivity index (χ3v) is 3.39. The van der Waals surface area contributed by atoms with Gasteiger partial charge in [-0.15, -0.1) is 11.3 Å². The summed E-state index contributed by atoms with van der Waals surface area (Å²) in [4.78, 5) is -0.00752. The van der Waals surface area contributed by atoms with E-state index in [1.807, 2.05) is 0 Å². The first-order chi connectivity index (χ1) is 5.75. The molecule has 0 aliphatic rings. The minimum Gasteiger partial charge on any atom is -0.320 e. The molecule has 0 aliphatic heterocycles. The van der Waals surface area contributed by atoms with E-state index in [9.17, 15) is 8.78 Å². The van der Waals surface area contributed by atoms with Crippen molar-refractivity contribution in [2.45, 2.75) is 25.3 Å². The average Bonchev–Trinajstić information content (AvgIpc) is 2.33. The highest BCUT2D eigenvalue weighted by molar-refractivity contribution is 9.11. The van der Waals surface area contributed by atoms with E-state index in [0.717, 1.165) is 11.3 Å². The highest BCUT2D eigenvalue weighted by Crippen LogP contribution is 2.41. The second-order valence-electron chi connectivity index (χ2n) is 3.40. The van der Waals surface area contributed by atoms with Crippen LogP contribution in [-0.4, -0.2) is 5.54 Å². The van der Waals surface area contributed by atoms with E-state index in [4.69, 9.17) is 5.73 Å². The van der Waals surface area contributed by atoms with Crippen LogP contribution >= 0.6 is 27.3 Å². The Bertz CT molecular complexity index is 303. The van der Waals surface area contributed by atoms with Gasteiger partial charge in [-0.05, 0) is 41.9 Å². The summed E-state index contributed by atoms with van der Waals surface area (Å²) in [5.41, 5.74) is 3.87. The lowest BCUT2D eigenvalue weighted by Gasteiger charge is -2.29. The first kappa shape index (κ1) is 11.1. The van der Waals surface area contributed by atoms with Gasteiger partial charge >= 0.3 is 0 Å². The Morgan fingerprint density at radius 2 is 1.92 bits per heavy atom. The van der Waals surface area contributed by atoms with Crippen LogP contribution in [0.5, 0.6) is 0 Å². The number of hydrogen-bond acceptors (Lipinski definition) is 2. The lowest BCUT2D eigenvalue weighted by molar-refractivity contribution is -0.0638. The maximum atomic E-state index is 13.5. The maximum absolute atomic E-state index is 13.5. The van der Waals surface area contributed by atoms with Gasteiger partial charge in [-0.2, -0.15) is 8.78 Å². The first-order valence-corrected chi connectivity index (χ1v) is 5.28. The van der Waals surface area contributed by atoms with E-state index in [1.54, 1.807) is 6.07 Å². The molecule has 0 bridgehead atoms. The van der Waals surface area contributed by atoms with Gasteiger partial charge in [-0.3, -0.25) is 0 Å². The molecule has 0 radical (unpaired) electrons. The lowest BCUT2D eigenvalue weighted by atomic mass is 9.96. The molecule has 0 aliphatic carbocycles. The lowest BCUT2D eigenvalue weighted by Crippen LogP contribution is -2.48. The Labute approximate surface area is 88.1 Å². The van der Waals surface area contributed by atoms with Crippen molar-refractivity contribution in [2.75, 3.05) is 0 Å². The van der Waals surface area contributed by atoms with Crippen molar-refractivity contribution < 1.29 is 8.78 Å². The van der Waals surface area contributed by atoms with Crippen LogP contribution in [0.3, 0.4) is 0 Å². The van der Waals surface area contributed by atoms with E-state index < -0.39 is 11.5 Å². The molecule has 0 atom stereocenters. The van der Waals surface area contributed by atoms with Gasteiger partial charge in [0.15, 0.2) is 0 Å². The fraction of sp³-hybridized carbons (Fsp3) is 0.500. The molecular weight excluding hydrogens is 260 g/mol. The van der Waals surface area contributed by atoms with E-state index in [2.05, 4.69) is 15.9 Å². The van der Waals surface area contributed by atoms with Crippen molar-refractivity contribution in [3.05, 3.63) is 20.8 Å². The van der Waals surface area contributed by atoms with Gasteiger partial charge in [0.1, 0.15) is 0 Å². The van der Waals surface area contributed by atoms with Crippen LogP contribution < -0.4 is 5.73 Å². The minimum atomic E-state index is -2.98. The topological polar surface area (TPSA) is 26.0 Å². The number of alkyl halides is 2. The Kier molecular flexibility index (Phi) is 2.81. The second kappa shape index (κ2) is 3.29. The van der Waals surface area contributed by atoms with Crippen LogP contribution in [0.25, 0.3) is 0 Å². The Hall–Kier alpha value is -0.0000000000000000833. The second-order valence-corrected chi connectivity index (χ2v) is 5.86. The predicted octanol–water partition coefficient (Wildman–Crippen LogP) is 3.34. The van der Waals surface area contributed by atoms with Gasteiger partial charge in [0.25, 0.3) is 5.92 Å². The van der Waals surface area contributed by atoms with Crippen molar-refractivity contribution in [3.63, 3.8) is 0 Å². The molecule has 13 heavy (non-hydrogen) atoms. The molecule has 0 spiro atoms. The predicted molar refractivity (Wildman–Crippen MR) is 54.2 cm³/mol. The van der Waals surface area contributed by atoms with Gasteiger partial charge < -0.3 is 5.73 Å². The zero-order valence-electron chi connectivity index (χ0n) is 7.27. The molecular formula is C8H10BrF2NS. The minimum absolute atomic E-state index is 0.00752. The van der Waals surface area contributed by atoms with Gasteiger partial charge in [-0.25, -0.2) is 0 Å². The highest BCUT2D eigenvalue weighted by atomic mass is 79.9. The Morgan fingerprint density at radius 1 is 1.38 bits per heavy atom. The van der Waals surface area contributed by atoms with Crippen molar-refractivity contribution in [2.24, 2.45) is 5.73 Å². The highest BCUT2D eigenvalue weighted by Gasteiger charge is 2.46. The van der Waals surface area contributed by atoms with Crippen molar-refractivity contribution in [1.82, 2.24) is 0 Å². The van der Waals surface area contributed by atoms with Gasteiger partial charge in [0.05, 0.1) is 14.2 Å². The van der Waals surface area contributed by atoms with Gasteiger partial charge in [0, 0.05) is 0 Å². The Morgan fingerprint density at radius 3 is 2.23 bits per heavy atom. The molecule has 0 unspecified atom stereocenters. The monoisotopic (exact) mass is 269 g/mol. The summed E-state index contributed by atoms with van der Waals surface area (Å²) in [5.74, 6) is -2.98. The molecule has 0 saturated carbocycles. The number of rotatable bonds is 2. The fourth-order valence-electron chi connectivity index (χ4n) is 0.801. The molecule has 74 valence electrons. The molecule has 1 heterocycles. The molecule has 0 amide bonds. The molecule has 2 N–H and O–H groups in total. The number of halogens is 3. The molecule has 1 aromatic rings. The molecule has 0 fully saturated rings. The van der Waals surface area contributed by atoms with Crippen molar-refractivity contribution >= 4 is 27.3 Å². The SMILES string of the molecule is CC(C)(N)C(F)(F)c1ccc(Br)s1. The first-order valence-electron chi connectivity index (χ1n) is 3.67. The number of nitrogens with two attached hydrogens (primary N) is 1. The van der Waals surface area contributed by atoms with Gasteiger partial charge in [-0.1, -0.05) is 0 Å². The molecule has 5 heteroatoms. The molecule has 1 rings (SSSR count). The average molecular weight is 270 g/mol. The van der Waals surface area contributed by atoms with Gasteiger partial charge in [0.2, 0.25) is 0 Å². The van der Waals surface area contributed by atoms with Crippen LogP contribution in [-0.2, 0) is 5.92 Å². The zero-order valence-corrected chi connectivity index (χ0v) is 9.68. The normalized spacial score (nSPS) is 13.4. The summed E-state index contributed by atoms with van der Waals surface area (Å²) in [6, 6.07) is 2.99. The Balaban J connectivity index is 3.07. The summed E-state index contributed by atoms with van der Waals surface area (Å²) >= 11 is 4.14. The molecule has 1 nitrogen and oxygen atoms in total. The third kappa shape index (κ3) is 2.08. The molecule has 0 saturated heterocycles. The van der Waals surface area contributed by atoms with Crippen LogP contribution in [0.4, 0.5) is 8.78 Å². The fourth-order valence-corrected chi connectivity index (χ4v) is 2.33. The smallest absolute Gasteiger partial charge is 0.299 e. The molecule has 0 aromatic carbocycles. The maximum Gasteiger partial charge on any atom is 0.299 e. The van der Waals surface area contributed by atoms with E-state index in [-0.39, 0.29) is 4.88 Å². The third-order valence-electron chi connectivity index (χ3n) is 1.69. The van der Waals surface area contributed by atoms with Crippen LogP contribution in [0.1, 0.15) is 18.7 Å². The summed E-state index contributed by atoms with van der Waals surface area (Å²) in [7, 11) is 0. The van der Waals surface area contributed by atoms with E-state index >= 15 is 0 Å². The summed E-state index contributed by atoms with van der Waals surface area (Å²) in [6.07, 6.45) is 0. The molecule has 1 aromatic heterocycles. The van der Waals surface area contributed by atoms with Crippen LogP contribution in [0.2, 0.25) is 0 Å². The summed E-state index contributed by atoms with van der Waals surface area (Å²) in [6.45, 7) is 2.64. The van der Waals surface area contributed by atoms with Crippen LogP contribution in [0, 0.1) is 0 Å². The number of hydrogen-bond donors (Lipinski definition) is 1. The van der Waals surface area contributed by atoms with E-state index in [0.29, 0.717) is 3.79 Å². The van der Waals surface area contributed by atoms with Crippen molar-refractivity contribution in [3.8, 4) is 0 Å². The van der Waals surface area contributed by atoms with Crippen molar-refractivity contribution in [1.29, 1.82) is 0 Å². The summed E-state index contributed by atoms with van der Waals surface area (Å²) < 4.78 is 27.8.